The van der Waals surface area contributed by atoms with Crippen LogP contribution in [0.5, 0.6) is 0 Å². The molecular weight excluding hydrogens is 420 g/mol. The summed E-state index contributed by atoms with van der Waals surface area (Å²) < 4.78 is 5.08. The molecule has 8 nitrogen and oxygen atoms in total. The van der Waals surface area contributed by atoms with Crippen LogP contribution in [0.25, 0.3) is 0 Å². The molecule has 0 radical (unpaired) electrons. The molecule has 1 aromatic heterocycles. The first-order chi connectivity index (χ1) is 16.0. The topological polar surface area (TPSA) is 112 Å². The molecule has 0 aliphatic heterocycles. The Balaban J connectivity index is 1.34. The molecule has 1 saturated carbocycles. The number of urea groups is 1. The Kier molecular flexibility index (Phi) is 6.73. The molecule has 4 N–H and O–H groups in total. The number of hydrogen-bond acceptors (Lipinski definition) is 4. The Morgan fingerprint density at radius 1 is 0.818 bits per heavy atom. The fraction of sp³-hybridized carbons (Fsp3) is 0.240. The molecule has 8 heteroatoms. The average Bonchev–Trinajstić information content (AvgIpc) is 3.53. The second kappa shape index (κ2) is 10.0. The molecule has 2 aromatic carbocycles. The molecule has 3 aromatic rings. The van der Waals surface area contributed by atoms with Crippen molar-refractivity contribution >= 4 is 29.2 Å². The van der Waals surface area contributed by atoms with Gasteiger partial charge in [-0.3, -0.25) is 9.59 Å². The standard InChI is InChI=1S/C25H26N4O4/c30-22(21-9-6-16-33-21)27-19-10-12-20(13-11-19)28-23(31)25(14-4-5-15-25)29-24(32)26-17-18-7-2-1-3-8-18/h1-3,6-13,16H,4-5,14-15,17H2,(H,27,30)(H,28,31)(H2,26,29,32). The first-order valence-corrected chi connectivity index (χ1v) is 10.9. The van der Waals surface area contributed by atoms with Gasteiger partial charge in [-0.25, -0.2) is 4.79 Å². The number of furan rings is 1. The van der Waals surface area contributed by atoms with Crippen LogP contribution >= 0.6 is 0 Å². The van der Waals surface area contributed by atoms with Crippen LogP contribution in [0.15, 0.2) is 77.4 Å². The summed E-state index contributed by atoms with van der Waals surface area (Å²) >= 11 is 0. The van der Waals surface area contributed by atoms with Crippen molar-refractivity contribution in [3.05, 3.63) is 84.3 Å². The summed E-state index contributed by atoms with van der Waals surface area (Å²) in [5.74, 6) is -0.387. The van der Waals surface area contributed by atoms with Gasteiger partial charge in [0.2, 0.25) is 5.91 Å². The Morgan fingerprint density at radius 3 is 2.12 bits per heavy atom. The van der Waals surface area contributed by atoms with E-state index in [0.717, 1.165) is 18.4 Å². The normalized spacial score (nSPS) is 14.3. The lowest BCUT2D eigenvalue weighted by molar-refractivity contribution is -0.121. The van der Waals surface area contributed by atoms with Gasteiger partial charge in [0.05, 0.1) is 6.26 Å². The number of rotatable bonds is 7. The number of carbonyl (C=O) groups excluding carboxylic acids is 3. The van der Waals surface area contributed by atoms with E-state index in [4.69, 9.17) is 4.42 Å². The van der Waals surface area contributed by atoms with Crippen molar-refractivity contribution in [2.24, 2.45) is 0 Å². The fourth-order valence-corrected chi connectivity index (χ4v) is 3.92. The third-order valence-corrected chi connectivity index (χ3v) is 5.69. The predicted molar refractivity (Wildman–Crippen MR) is 125 cm³/mol. The Hall–Kier alpha value is -4.07. The van der Waals surface area contributed by atoms with Gasteiger partial charge in [0.15, 0.2) is 5.76 Å². The highest BCUT2D eigenvalue weighted by molar-refractivity contribution is 6.03. The number of amides is 4. The number of carbonyl (C=O) groups is 3. The van der Waals surface area contributed by atoms with Crippen molar-refractivity contribution in [3.8, 4) is 0 Å². The van der Waals surface area contributed by atoms with Crippen LogP contribution in [0.3, 0.4) is 0 Å². The Morgan fingerprint density at radius 2 is 1.48 bits per heavy atom. The zero-order valence-corrected chi connectivity index (χ0v) is 18.1. The smallest absolute Gasteiger partial charge is 0.315 e. The van der Waals surface area contributed by atoms with E-state index in [1.807, 2.05) is 30.3 Å². The Labute approximate surface area is 191 Å². The zero-order chi connectivity index (χ0) is 23.1. The minimum atomic E-state index is -0.951. The van der Waals surface area contributed by atoms with Crippen molar-refractivity contribution in [3.63, 3.8) is 0 Å². The van der Waals surface area contributed by atoms with Crippen LogP contribution in [-0.2, 0) is 11.3 Å². The molecule has 0 unspecified atom stereocenters. The molecule has 1 fully saturated rings. The minimum Gasteiger partial charge on any atom is -0.459 e. The quantitative estimate of drug-likeness (QED) is 0.434. The van der Waals surface area contributed by atoms with Crippen LogP contribution in [0.1, 0.15) is 41.8 Å². The van der Waals surface area contributed by atoms with Crippen LogP contribution in [0.2, 0.25) is 0 Å². The van der Waals surface area contributed by atoms with Gasteiger partial charge in [-0.2, -0.15) is 0 Å². The lowest BCUT2D eigenvalue weighted by atomic mass is 9.96. The van der Waals surface area contributed by atoms with E-state index >= 15 is 0 Å². The van der Waals surface area contributed by atoms with Crippen molar-refractivity contribution in [1.82, 2.24) is 10.6 Å². The van der Waals surface area contributed by atoms with Gasteiger partial charge in [0, 0.05) is 17.9 Å². The first kappa shape index (κ1) is 22.1. The molecule has 1 heterocycles. The summed E-state index contributed by atoms with van der Waals surface area (Å²) in [6.07, 6.45) is 4.32. The van der Waals surface area contributed by atoms with Gasteiger partial charge >= 0.3 is 6.03 Å². The summed E-state index contributed by atoms with van der Waals surface area (Å²) in [6.45, 7) is 0.384. The molecule has 4 amide bonds. The average molecular weight is 447 g/mol. The van der Waals surface area contributed by atoms with Gasteiger partial charge < -0.3 is 25.7 Å². The number of nitrogens with one attached hydrogen (secondary N) is 4. The van der Waals surface area contributed by atoms with Crippen molar-refractivity contribution < 1.29 is 18.8 Å². The molecule has 0 spiro atoms. The number of benzene rings is 2. The molecule has 170 valence electrons. The van der Waals surface area contributed by atoms with Crippen LogP contribution in [0, 0.1) is 0 Å². The second-order valence-corrected chi connectivity index (χ2v) is 8.05. The lowest BCUT2D eigenvalue weighted by Crippen LogP contribution is -2.57. The fourth-order valence-electron chi connectivity index (χ4n) is 3.92. The SMILES string of the molecule is O=C(NCc1ccccc1)NC1(C(=O)Nc2ccc(NC(=O)c3ccco3)cc2)CCCC1. The van der Waals surface area contributed by atoms with Gasteiger partial charge in [0.25, 0.3) is 5.91 Å². The largest absolute Gasteiger partial charge is 0.459 e. The van der Waals surface area contributed by atoms with Gasteiger partial charge in [0.1, 0.15) is 5.54 Å². The highest BCUT2D eigenvalue weighted by Gasteiger charge is 2.42. The second-order valence-electron chi connectivity index (χ2n) is 8.05. The van der Waals surface area contributed by atoms with Gasteiger partial charge in [-0.05, 0) is 54.8 Å². The molecular formula is C25H26N4O4. The van der Waals surface area contributed by atoms with E-state index in [9.17, 15) is 14.4 Å². The summed E-state index contributed by atoms with van der Waals surface area (Å²) in [6, 6.07) is 19.2. The third-order valence-electron chi connectivity index (χ3n) is 5.69. The maximum atomic E-state index is 13.1. The highest BCUT2D eigenvalue weighted by atomic mass is 16.3. The van der Waals surface area contributed by atoms with Gasteiger partial charge in [-0.1, -0.05) is 43.2 Å². The molecule has 0 bridgehead atoms. The van der Waals surface area contributed by atoms with E-state index in [-0.39, 0.29) is 23.6 Å². The van der Waals surface area contributed by atoms with Crippen molar-refractivity contribution in [2.45, 2.75) is 37.8 Å². The predicted octanol–water partition coefficient (Wildman–Crippen LogP) is 4.28. The van der Waals surface area contributed by atoms with E-state index in [2.05, 4.69) is 21.3 Å². The van der Waals surface area contributed by atoms with E-state index < -0.39 is 5.54 Å². The van der Waals surface area contributed by atoms with Crippen LogP contribution < -0.4 is 21.3 Å². The summed E-state index contributed by atoms with van der Waals surface area (Å²) in [5, 5.41) is 11.4. The summed E-state index contributed by atoms with van der Waals surface area (Å²) in [5.41, 5.74) is 1.18. The minimum absolute atomic E-state index is 0.215. The van der Waals surface area contributed by atoms with Crippen molar-refractivity contribution in [1.29, 1.82) is 0 Å². The van der Waals surface area contributed by atoms with Crippen LogP contribution in [-0.4, -0.2) is 23.4 Å². The monoisotopic (exact) mass is 446 g/mol. The highest BCUT2D eigenvalue weighted by Crippen LogP contribution is 2.31. The molecule has 1 aliphatic rings. The number of anilines is 2. The lowest BCUT2D eigenvalue weighted by Gasteiger charge is -2.29. The maximum absolute atomic E-state index is 13.1. The molecule has 1 aliphatic carbocycles. The van der Waals surface area contributed by atoms with Gasteiger partial charge in [-0.15, -0.1) is 0 Å². The summed E-state index contributed by atoms with van der Waals surface area (Å²) in [4.78, 5) is 37.7. The zero-order valence-electron chi connectivity index (χ0n) is 18.1. The van der Waals surface area contributed by atoms with E-state index in [0.29, 0.717) is 30.8 Å². The third kappa shape index (κ3) is 5.60. The van der Waals surface area contributed by atoms with Crippen molar-refractivity contribution in [2.75, 3.05) is 10.6 Å². The van der Waals surface area contributed by atoms with E-state index in [1.165, 1.54) is 6.26 Å². The molecule has 0 saturated heterocycles. The van der Waals surface area contributed by atoms with Crippen LogP contribution in [0.4, 0.5) is 16.2 Å². The Bertz CT molecular complexity index is 1090. The summed E-state index contributed by atoms with van der Waals surface area (Å²) in [7, 11) is 0. The molecule has 0 atom stereocenters. The molecule has 4 rings (SSSR count). The molecule has 33 heavy (non-hydrogen) atoms. The first-order valence-electron chi connectivity index (χ1n) is 10.9. The number of hydrogen-bond donors (Lipinski definition) is 4. The van der Waals surface area contributed by atoms with E-state index in [1.54, 1.807) is 36.4 Å². The maximum Gasteiger partial charge on any atom is 0.315 e.